The highest BCUT2D eigenvalue weighted by atomic mass is 35.5. The molecule has 0 radical (unpaired) electrons. The second-order valence-electron chi connectivity index (χ2n) is 3.46. The van der Waals surface area contributed by atoms with Gasteiger partial charge in [-0.15, -0.1) is 11.3 Å². The van der Waals surface area contributed by atoms with Crippen molar-refractivity contribution >= 4 is 40.6 Å². The Balaban J connectivity index is 2.03. The zero-order chi connectivity index (χ0) is 13.0. The highest BCUT2D eigenvalue weighted by Crippen LogP contribution is 2.19. The lowest BCUT2D eigenvalue weighted by Crippen LogP contribution is -2.09. The fourth-order valence-electron chi connectivity index (χ4n) is 1.31. The van der Waals surface area contributed by atoms with Crippen LogP contribution in [0.4, 0.5) is 10.1 Å². The normalized spacial score (nSPS) is 10.8. The maximum Gasteiger partial charge on any atom is 0.248 e. The van der Waals surface area contributed by atoms with Crippen LogP contribution >= 0.6 is 22.9 Å². The highest BCUT2D eigenvalue weighted by Gasteiger charge is 2.04. The second-order valence-corrected chi connectivity index (χ2v) is 4.88. The Kier molecular flexibility index (Phi) is 4.12. The van der Waals surface area contributed by atoms with Gasteiger partial charge in [0.15, 0.2) is 0 Å². The smallest absolute Gasteiger partial charge is 0.248 e. The van der Waals surface area contributed by atoms with Crippen molar-refractivity contribution in [3.05, 3.63) is 57.5 Å². The van der Waals surface area contributed by atoms with E-state index in [4.69, 9.17) is 11.6 Å². The Bertz CT molecular complexity index is 581. The second kappa shape index (κ2) is 5.80. The van der Waals surface area contributed by atoms with Crippen LogP contribution in [-0.2, 0) is 4.79 Å². The van der Waals surface area contributed by atoms with Crippen molar-refractivity contribution in [2.45, 2.75) is 0 Å². The van der Waals surface area contributed by atoms with Crippen LogP contribution in [0.2, 0.25) is 5.02 Å². The zero-order valence-corrected chi connectivity index (χ0v) is 10.8. The number of nitrogens with one attached hydrogen (secondary N) is 1. The number of carbonyl (C=O) groups is 1. The minimum absolute atomic E-state index is 0.111. The number of anilines is 1. The molecule has 1 aromatic carbocycles. The van der Waals surface area contributed by atoms with Crippen LogP contribution < -0.4 is 5.32 Å². The van der Waals surface area contributed by atoms with Crippen LogP contribution in [0.5, 0.6) is 0 Å². The van der Waals surface area contributed by atoms with Crippen molar-refractivity contribution in [1.29, 1.82) is 0 Å². The maximum atomic E-state index is 13.4. The third-order valence-corrected chi connectivity index (χ3v) is 3.20. The van der Waals surface area contributed by atoms with Gasteiger partial charge in [-0.1, -0.05) is 17.7 Å². The molecule has 0 spiro atoms. The van der Waals surface area contributed by atoms with Gasteiger partial charge in [-0.3, -0.25) is 4.79 Å². The molecular formula is C13H9ClFNOS. The van der Waals surface area contributed by atoms with E-state index in [2.05, 4.69) is 5.32 Å². The molecule has 5 heteroatoms. The van der Waals surface area contributed by atoms with Gasteiger partial charge in [0.25, 0.3) is 0 Å². The minimum atomic E-state index is -0.555. The molecule has 2 aromatic rings. The lowest BCUT2D eigenvalue weighted by atomic mass is 10.3. The number of carbonyl (C=O) groups excluding carboxylic acids is 1. The molecule has 0 saturated carbocycles. The van der Waals surface area contributed by atoms with Crippen LogP contribution in [0.3, 0.4) is 0 Å². The molecule has 1 heterocycles. The molecule has 0 aliphatic rings. The summed E-state index contributed by atoms with van der Waals surface area (Å²) in [6.45, 7) is 0. The maximum absolute atomic E-state index is 13.4. The van der Waals surface area contributed by atoms with Gasteiger partial charge in [0, 0.05) is 16.0 Å². The largest absolute Gasteiger partial charge is 0.320 e. The van der Waals surface area contributed by atoms with Crippen molar-refractivity contribution in [1.82, 2.24) is 0 Å². The molecule has 1 aromatic heterocycles. The molecule has 0 aliphatic heterocycles. The first-order valence-electron chi connectivity index (χ1n) is 5.13. The van der Waals surface area contributed by atoms with Gasteiger partial charge < -0.3 is 5.32 Å². The average molecular weight is 282 g/mol. The Morgan fingerprint density at radius 2 is 2.22 bits per heavy atom. The molecule has 0 fully saturated rings. The summed E-state index contributed by atoms with van der Waals surface area (Å²) in [4.78, 5) is 12.5. The van der Waals surface area contributed by atoms with E-state index in [0.717, 1.165) is 10.9 Å². The Labute approximate surface area is 113 Å². The van der Waals surface area contributed by atoms with Crippen LogP contribution in [0.25, 0.3) is 6.08 Å². The van der Waals surface area contributed by atoms with Crippen LogP contribution in [-0.4, -0.2) is 5.91 Å². The van der Waals surface area contributed by atoms with Gasteiger partial charge in [-0.05, 0) is 35.7 Å². The van der Waals surface area contributed by atoms with Crippen molar-refractivity contribution < 1.29 is 9.18 Å². The molecule has 0 bridgehead atoms. The minimum Gasteiger partial charge on any atom is -0.320 e. The SMILES string of the molecule is O=C(/C=C\c1cccs1)Nc1ccc(Cl)cc1F. The summed E-state index contributed by atoms with van der Waals surface area (Å²) in [6.07, 6.45) is 3.04. The summed E-state index contributed by atoms with van der Waals surface area (Å²) in [5.41, 5.74) is 0.111. The fourth-order valence-corrected chi connectivity index (χ4v) is 2.09. The average Bonchev–Trinajstić information content (AvgIpc) is 2.83. The quantitative estimate of drug-likeness (QED) is 0.840. The van der Waals surface area contributed by atoms with Crippen LogP contribution in [0.1, 0.15) is 4.88 Å². The van der Waals surface area contributed by atoms with Crippen LogP contribution in [0.15, 0.2) is 41.8 Å². The molecule has 1 amide bonds. The molecular weight excluding hydrogens is 273 g/mol. The van der Waals surface area contributed by atoms with Gasteiger partial charge in [0.1, 0.15) is 5.82 Å². The van der Waals surface area contributed by atoms with E-state index in [1.54, 1.807) is 6.08 Å². The predicted molar refractivity (Wildman–Crippen MR) is 73.4 cm³/mol. The Morgan fingerprint density at radius 1 is 1.39 bits per heavy atom. The number of amides is 1. The molecule has 0 aliphatic carbocycles. The molecule has 0 unspecified atom stereocenters. The number of benzene rings is 1. The Morgan fingerprint density at radius 3 is 2.89 bits per heavy atom. The van der Waals surface area contributed by atoms with E-state index in [1.807, 2.05) is 17.5 Å². The highest BCUT2D eigenvalue weighted by molar-refractivity contribution is 7.10. The van der Waals surface area contributed by atoms with Crippen molar-refractivity contribution in [2.75, 3.05) is 5.32 Å². The molecule has 18 heavy (non-hydrogen) atoms. The van der Waals surface area contributed by atoms with E-state index in [9.17, 15) is 9.18 Å². The van der Waals surface area contributed by atoms with Crippen molar-refractivity contribution in [3.63, 3.8) is 0 Å². The lowest BCUT2D eigenvalue weighted by Gasteiger charge is -2.03. The van der Waals surface area contributed by atoms with E-state index >= 15 is 0 Å². The Hall–Kier alpha value is -1.65. The predicted octanol–water partition coefficient (Wildman–Crippen LogP) is 4.19. The topological polar surface area (TPSA) is 29.1 Å². The lowest BCUT2D eigenvalue weighted by molar-refractivity contribution is -0.111. The molecule has 0 saturated heterocycles. The van der Waals surface area contributed by atoms with Gasteiger partial charge in [0.05, 0.1) is 5.69 Å². The number of hydrogen-bond acceptors (Lipinski definition) is 2. The number of hydrogen-bond donors (Lipinski definition) is 1. The molecule has 2 nitrogen and oxygen atoms in total. The molecule has 0 atom stereocenters. The fraction of sp³-hybridized carbons (Fsp3) is 0. The van der Waals surface area contributed by atoms with Gasteiger partial charge in [-0.2, -0.15) is 0 Å². The molecule has 92 valence electrons. The molecule has 1 N–H and O–H groups in total. The van der Waals surface area contributed by atoms with Gasteiger partial charge in [0.2, 0.25) is 5.91 Å². The summed E-state index contributed by atoms with van der Waals surface area (Å²) >= 11 is 7.13. The third-order valence-electron chi connectivity index (χ3n) is 2.13. The first kappa shape index (κ1) is 12.8. The summed E-state index contributed by atoms with van der Waals surface area (Å²) < 4.78 is 13.4. The van der Waals surface area contributed by atoms with E-state index in [-0.39, 0.29) is 11.6 Å². The summed E-state index contributed by atoms with van der Waals surface area (Å²) in [5, 5.41) is 4.65. The standard InChI is InChI=1S/C13H9ClFNOS/c14-9-3-5-12(11(15)8-9)16-13(17)6-4-10-2-1-7-18-10/h1-8H,(H,16,17)/b6-4-. The van der Waals surface area contributed by atoms with Gasteiger partial charge in [-0.25, -0.2) is 4.39 Å². The summed E-state index contributed by atoms with van der Waals surface area (Å²) in [5.74, 6) is -0.940. The zero-order valence-electron chi connectivity index (χ0n) is 9.19. The van der Waals surface area contributed by atoms with Crippen molar-refractivity contribution in [2.24, 2.45) is 0 Å². The first-order chi connectivity index (χ1) is 8.65. The summed E-state index contributed by atoms with van der Waals surface area (Å²) in [6, 6.07) is 7.87. The van der Waals surface area contributed by atoms with Crippen LogP contribution in [0, 0.1) is 5.82 Å². The van der Waals surface area contributed by atoms with E-state index in [0.29, 0.717) is 5.02 Å². The van der Waals surface area contributed by atoms with Crippen molar-refractivity contribution in [3.8, 4) is 0 Å². The number of thiophene rings is 1. The summed E-state index contributed by atoms with van der Waals surface area (Å²) in [7, 11) is 0. The van der Waals surface area contributed by atoms with Gasteiger partial charge >= 0.3 is 0 Å². The monoisotopic (exact) mass is 281 g/mol. The number of halogens is 2. The number of rotatable bonds is 3. The van der Waals surface area contributed by atoms with E-state index < -0.39 is 5.82 Å². The molecule has 2 rings (SSSR count). The third kappa shape index (κ3) is 3.42. The van der Waals surface area contributed by atoms with E-state index in [1.165, 1.54) is 29.5 Å². The first-order valence-corrected chi connectivity index (χ1v) is 6.38.